The summed E-state index contributed by atoms with van der Waals surface area (Å²) in [7, 11) is 0. The maximum absolute atomic E-state index is 11.3. The lowest BCUT2D eigenvalue weighted by atomic mass is 10.2. The first kappa shape index (κ1) is 8.50. The molecule has 0 spiro atoms. The summed E-state index contributed by atoms with van der Waals surface area (Å²) in [6, 6.07) is 8.31. The number of fused-ring (bicyclic) bond motifs is 1. The molecule has 2 aromatic rings. The van der Waals surface area contributed by atoms with E-state index in [0.29, 0.717) is 10.8 Å². The van der Waals surface area contributed by atoms with E-state index in [1.807, 2.05) is 0 Å². The monoisotopic (exact) mass is 189 g/mol. The molecule has 0 radical (unpaired) electrons. The summed E-state index contributed by atoms with van der Waals surface area (Å²) in [4.78, 5) is 22.1. The lowest BCUT2D eigenvalue weighted by molar-refractivity contribution is 0.0970. The first-order valence-corrected chi connectivity index (χ1v) is 4.01. The van der Waals surface area contributed by atoms with Gasteiger partial charge in [-0.15, -0.1) is 0 Å². The fraction of sp³-hybridized carbons (Fsp3) is 0. The van der Waals surface area contributed by atoms with Crippen LogP contribution in [0.1, 0.15) is 10.6 Å². The van der Waals surface area contributed by atoms with Gasteiger partial charge in [0.05, 0.1) is 5.39 Å². The summed E-state index contributed by atoms with van der Waals surface area (Å²) in [6.07, 6.45) is 0. The van der Waals surface area contributed by atoms with Crippen molar-refractivity contribution in [2.75, 3.05) is 0 Å². The highest BCUT2D eigenvalue weighted by molar-refractivity contribution is 5.94. The van der Waals surface area contributed by atoms with E-state index in [4.69, 9.17) is 10.2 Å². The molecule has 4 nitrogen and oxygen atoms in total. The number of amides is 1. The zero-order valence-corrected chi connectivity index (χ0v) is 7.19. The number of carbonyl (C=O) groups is 1. The molecule has 0 aliphatic rings. The Labute approximate surface area is 78.9 Å². The molecule has 1 aromatic heterocycles. The van der Waals surface area contributed by atoms with E-state index in [9.17, 15) is 9.59 Å². The van der Waals surface area contributed by atoms with Gasteiger partial charge in [-0.1, -0.05) is 18.2 Å². The van der Waals surface area contributed by atoms with Crippen molar-refractivity contribution in [1.82, 2.24) is 0 Å². The van der Waals surface area contributed by atoms with Crippen LogP contribution in [0.15, 0.2) is 39.5 Å². The van der Waals surface area contributed by atoms with Gasteiger partial charge in [0.2, 0.25) is 0 Å². The van der Waals surface area contributed by atoms with Crippen LogP contribution < -0.4 is 11.4 Å². The number of benzene rings is 1. The first-order chi connectivity index (χ1) is 6.68. The Morgan fingerprint density at radius 3 is 2.71 bits per heavy atom. The minimum atomic E-state index is -0.743. The Hall–Kier alpha value is -2.10. The molecular formula is C10H7NO3. The van der Waals surface area contributed by atoms with Crippen LogP contribution in [0.3, 0.4) is 0 Å². The number of rotatable bonds is 1. The first-order valence-electron chi connectivity index (χ1n) is 4.01. The van der Waals surface area contributed by atoms with Crippen LogP contribution in [0.5, 0.6) is 0 Å². The molecule has 2 rings (SSSR count). The quantitative estimate of drug-likeness (QED) is 0.724. The molecule has 0 bridgehead atoms. The van der Waals surface area contributed by atoms with E-state index in [-0.39, 0.29) is 5.76 Å². The summed E-state index contributed by atoms with van der Waals surface area (Å²) in [5, 5.41) is 1.09. The van der Waals surface area contributed by atoms with Crippen LogP contribution in [-0.2, 0) is 0 Å². The molecule has 2 N–H and O–H groups in total. The third-order valence-electron chi connectivity index (χ3n) is 1.91. The standard InChI is InChI=1S/C10H7NO3/c11-9(12)8-5-6-3-1-2-4-7(6)10(13)14-8/h1-5H,(H2,11,12). The Morgan fingerprint density at radius 1 is 1.29 bits per heavy atom. The van der Waals surface area contributed by atoms with Crippen LogP contribution in [0.4, 0.5) is 0 Å². The predicted molar refractivity (Wildman–Crippen MR) is 51.0 cm³/mol. The molecule has 1 heterocycles. The van der Waals surface area contributed by atoms with Crippen LogP contribution >= 0.6 is 0 Å². The van der Waals surface area contributed by atoms with Crippen LogP contribution in [0.2, 0.25) is 0 Å². The highest BCUT2D eigenvalue weighted by atomic mass is 16.4. The zero-order chi connectivity index (χ0) is 10.1. The lowest BCUT2D eigenvalue weighted by Gasteiger charge is -1.97. The summed E-state index contributed by atoms with van der Waals surface area (Å²) in [6.45, 7) is 0. The Balaban J connectivity index is 2.86. The molecule has 1 amide bonds. The van der Waals surface area contributed by atoms with Crippen LogP contribution in [0, 0.1) is 0 Å². The minimum Gasteiger partial charge on any atom is -0.417 e. The minimum absolute atomic E-state index is 0.117. The molecule has 0 atom stereocenters. The van der Waals surface area contributed by atoms with Crippen molar-refractivity contribution in [2.24, 2.45) is 5.73 Å². The van der Waals surface area contributed by atoms with Gasteiger partial charge in [-0.3, -0.25) is 4.79 Å². The maximum atomic E-state index is 11.3. The number of primary amides is 1. The molecule has 70 valence electrons. The van der Waals surface area contributed by atoms with E-state index in [0.717, 1.165) is 0 Å². The second kappa shape index (κ2) is 2.99. The molecule has 0 unspecified atom stereocenters. The van der Waals surface area contributed by atoms with E-state index in [1.54, 1.807) is 24.3 Å². The van der Waals surface area contributed by atoms with E-state index >= 15 is 0 Å². The fourth-order valence-electron chi connectivity index (χ4n) is 1.26. The molecule has 0 saturated carbocycles. The van der Waals surface area contributed by atoms with E-state index in [1.165, 1.54) is 6.07 Å². The molecule has 0 aliphatic carbocycles. The van der Waals surface area contributed by atoms with Gasteiger partial charge in [-0.2, -0.15) is 0 Å². The van der Waals surface area contributed by atoms with E-state index < -0.39 is 11.5 Å². The van der Waals surface area contributed by atoms with Gasteiger partial charge in [0.25, 0.3) is 5.91 Å². The molecule has 4 heteroatoms. The third-order valence-corrected chi connectivity index (χ3v) is 1.91. The van der Waals surface area contributed by atoms with Gasteiger partial charge < -0.3 is 10.2 Å². The average Bonchev–Trinajstić information content (AvgIpc) is 2.17. The molecule has 0 fully saturated rings. The van der Waals surface area contributed by atoms with Crippen molar-refractivity contribution in [3.05, 3.63) is 46.5 Å². The average molecular weight is 189 g/mol. The van der Waals surface area contributed by atoms with Crippen molar-refractivity contribution in [3.63, 3.8) is 0 Å². The summed E-state index contributed by atoms with van der Waals surface area (Å²) in [5.41, 5.74) is 4.46. The van der Waals surface area contributed by atoms with Gasteiger partial charge >= 0.3 is 5.63 Å². The Morgan fingerprint density at radius 2 is 2.00 bits per heavy atom. The largest absolute Gasteiger partial charge is 0.417 e. The lowest BCUT2D eigenvalue weighted by Crippen LogP contribution is -2.14. The molecule has 1 aromatic carbocycles. The third kappa shape index (κ3) is 1.26. The molecule has 0 saturated heterocycles. The molecular weight excluding hydrogens is 182 g/mol. The maximum Gasteiger partial charge on any atom is 0.344 e. The molecule has 0 aliphatic heterocycles. The zero-order valence-electron chi connectivity index (χ0n) is 7.19. The van der Waals surface area contributed by atoms with Gasteiger partial charge in [0.1, 0.15) is 0 Å². The van der Waals surface area contributed by atoms with Gasteiger partial charge in [0, 0.05) is 0 Å². The topological polar surface area (TPSA) is 73.3 Å². The van der Waals surface area contributed by atoms with Gasteiger partial charge in [0.15, 0.2) is 5.76 Å². The smallest absolute Gasteiger partial charge is 0.344 e. The highest BCUT2D eigenvalue weighted by Crippen LogP contribution is 2.10. The van der Waals surface area contributed by atoms with Gasteiger partial charge in [-0.25, -0.2) is 4.79 Å². The number of hydrogen-bond acceptors (Lipinski definition) is 3. The SMILES string of the molecule is NC(=O)c1cc2ccccc2c(=O)o1. The number of hydrogen-bond donors (Lipinski definition) is 1. The summed E-state index contributed by atoms with van der Waals surface area (Å²) >= 11 is 0. The van der Waals surface area contributed by atoms with Crippen molar-refractivity contribution in [1.29, 1.82) is 0 Å². The van der Waals surface area contributed by atoms with Gasteiger partial charge in [-0.05, 0) is 17.5 Å². The van der Waals surface area contributed by atoms with Crippen LogP contribution in [-0.4, -0.2) is 5.91 Å². The summed E-state index contributed by atoms with van der Waals surface area (Å²) < 4.78 is 4.72. The van der Waals surface area contributed by atoms with Crippen molar-refractivity contribution >= 4 is 16.7 Å². The normalized spacial score (nSPS) is 10.3. The second-order valence-corrected chi connectivity index (χ2v) is 2.85. The van der Waals surface area contributed by atoms with Crippen molar-refractivity contribution < 1.29 is 9.21 Å². The van der Waals surface area contributed by atoms with E-state index in [2.05, 4.69) is 0 Å². The number of nitrogens with two attached hydrogens (primary N) is 1. The Kier molecular flexibility index (Phi) is 1.81. The van der Waals surface area contributed by atoms with Crippen LogP contribution in [0.25, 0.3) is 10.8 Å². The fourth-order valence-corrected chi connectivity index (χ4v) is 1.26. The van der Waals surface area contributed by atoms with Crippen molar-refractivity contribution in [3.8, 4) is 0 Å². The highest BCUT2D eigenvalue weighted by Gasteiger charge is 2.07. The Bertz CT molecular complexity index is 557. The number of carbonyl (C=O) groups excluding carboxylic acids is 1. The van der Waals surface area contributed by atoms with Crippen molar-refractivity contribution in [2.45, 2.75) is 0 Å². The summed E-state index contributed by atoms with van der Waals surface area (Å²) in [5.74, 6) is -0.860. The second-order valence-electron chi connectivity index (χ2n) is 2.85. The molecule has 14 heavy (non-hydrogen) atoms. The predicted octanol–water partition coefficient (Wildman–Crippen LogP) is 0.892.